The number of aromatic nitrogens is 2. The van der Waals surface area contributed by atoms with Gasteiger partial charge >= 0.3 is 0 Å². The van der Waals surface area contributed by atoms with Crippen LogP contribution in [0.25, 0.3) is 11.4 Å². The van der Waals surface area contributed by atoms with Crippen molar-refractivity contribution in [3.05, 3.63) is 71.6 Å². The van der Waals surface area contributed by atoms with Crippen molar-refractivity contribution >= 4 is 5.91 Å². The maximum absolute atomic E-state index is 12.5. The number of likely N-dealkylation sites (tertiary alicyclic amines) is 1. The third-order valence-corrected chi connectivity index (χ3v) is 5.25. The number of rotatable bonds is 5. The molecule has 1 fully saturated rings. The molecule has 0 bridgehead atoms. The fourth-order valence-corrected chi connectivity index (χ4v) is 3.67. The molecule has 5 nitrogen and oxygen atoms in total. The van der Waals surface area contributed by atoms with Crippen LogP contribution in [0.3, 0.4) is 0 Å². The first-order chi connectivity index (χ1) is 13.1. The predicted molar refractivity (Wildman–Crippen MR) is 103 cm³/mol. The van der Waals surface area contributed by atoms with Crippen molar-refractivity contribution in [1.82, 2.24) is 15.0 Å². The van der Waals surface area contributed by atoms with Gasteiger partial charge in [-0.1, -0.05) is 66.7 Å². The topological polar surface area (TPSA) is 59.2 Å². The summed E-state index contributed by atoms with van der Waals surface area (Å²) in [6.45, 7) is 5.51. The highest BCUT2D eigenvalue weighted by Gasteiger charge is 2.35. The average Bonchev–Trinajstić information content (AvgIpc) is 3.30. The van der Waals surface area contributed by atoms with E-state index in [0.717, 1.165) is 11.1 Å². The Bertz CT molecular complexity index is 935. The van der Waals surface area contributed by atoms with Crippen LogP contribution in [-0.2, 0) is 4.79 Å². The molecule has 0 radical (unpaired) electrons. The van der Waals surface area contributed by atoms with Crippen LogP contribution >= 0.6 is 0 Å². The van der Waals surface area contributed by atoms with Crippen LogP contribution in [0.1, 0.15) is 42.2 Å². The van der Waals surface area contributed by atoms with Crippen molar-refractivity contribution in [1.29, 1.82) is 0 Å². The average molecular weight is 361 g/mol. The molecule has 5 heteroatoms. The molecule has 1 amide bonds. The van der Waals surface area contributed by atoms with Gasteiger partial charge in [0, 0.05) is 25.1 Å². The maximum Gasteiger partial charge on any atom is 0.232 e. The van der Waals surface area contributed by atoms with Crippen molar-refractivity contribution in [2.45, 2.75) is 32.1 Å². The number of aryl methyl sites for hydroxylation is 1. The molecule has 2 unspecified atom stereocenters. The van der Waals surface area contributed by atoms with Crippen molar-refractivity contribution in [2.75, 3.05) is 13.1 Å². The van der Waals surface area contributed by atoms with E-state index in [9.17, 15) is 4.79 Å². The van der Waals surface area contributed by atoms with Gasteiger partial charge in [0.25, 0.3) is 0 Å². The zero-order valence-corrected chi connectivity index (χ0v) is 15.6. The van der Waals surface area contributed by atoms with Crippen LogP contribution in [0.15, 0.2) is 59.1 Å². The molecule has 3 aromatic rings. The minimum atomic E-state index is -0.0364. The van der Waals surface area contributed by atoms with E-state index >= 15 is 0 Å². The largest absolute Gasteiger partial charge is 0.341 e. The lowest BCUT2D eigenvalue weighted by Crippen LogP contribution is -2.29. The summed E-state index contributed by atoms with van der Waals surface area (Å²) in [6.07, 6.45) is 0.427. The van der Waals surface area contributed by atoms with Gasteiger partial charge in [-0.2, -0.15) is 4.98 Å². The standard InChI is InChI=1S/C22H23N3O2/c1-15-8-6-7-11-19(15)21-23-22(27-24-21)18-12-20(26)25(14-18)13-16(2)17-9-4-3-5-10-17/h3-11,16,18H,12-14H2,1-2H3. The lowest BCUT2D eigenvalue weighted by molar-refractivity contribution is -0.127. The summed E-state index contributed by atoms with van der Waals surface area (Å²) in [5, 5.41) is 4.13. The van der Waals surface area contributed by atoms with Gasteiger partial charge in [-0.15, -0.1) is 0 Å². The molecule has 2 atom stereocenters. The number of nitrogens with zero attached hydrogens (tertiary/aromatic N) is 3. The fourth-order valence-electron chi connectivity index (χ4n) is 3.67. The number of hydrogen-bond acceptors (Lipinski definition) is 4. The van der Waals surface area contributed by atoms with Crippen LogP contribution in [0.5, 0.6) is 0 Å². The Morgan fingerprint density at radius 3 is 2.67 bits per heavy atom. The highest BCUT2D eigenvalue weighted by Crippen LogP contribution is 2.30. The van der Waals surface area contributed by atoms with Gasteiger partial charge in [0.05, 0.1) is 5.92 Å². The van der Waals surface area contributed by atoms with Gasteiger partial charge < -0.3 is 9.42 Å². The third-order valence-electron chi connectivity index (χ3n) is 5.25. The van der Waals surface area contributed by atoms with Gasteiger partial charge in [0.2, 0.25) is 17.6 Å². The molecule has 1 aromatic heterocycles. The number of benzene rings is 2. The second kappa shape index (κ2) is 7.35. The third kappa shape index (κ3) is 3.63. The summed E-state index contributed by atoms with van der Waals surface area (Å²) in [6, 6.07) is 18.2. The molecule has 0 spiro atoms. The van der Waals surface area contributed by atoms with Gasteiger partial charge in [-0.05, 0) is 24.0 Å². The lowest BCUT2D eigenvalue weighted by Gasteiger charge is -2.21. The highest BCUT2D eigenvalue weighted by molar-refractivity contribution is 5.79. The minimum absolute atomic E-state index is 0.0364. The SMILES string of the molecule is Cc1ccccc1-c1noc(C2CC(=O)N(CC(C)c3ccccc3)C2)n1. The fraction of sp³-hybridized carbons (Fsp3) is 0.318. The van der Waals surface area contributed by atoms with E-state index in [2.05, 4.69) is 29.2 Å². The number of amides is 1. The summed E-state index contributed by atoms with van der Waals surface area (Å²) in [4.78, 5) is 19.0. The molecule has 1 aliphatic heterocycles. The second-order valence-corrected chi connectivity index (χ2v) is 7.28. The van der Waals surface area contributed by atoms with E-state index < -0.39 is 0 Å². The quantitative estimate of drug-likeness (QED) is 0.684. The minimum Gasteiger partial charge on any atom is -0.341 e. The number of hydrogen-bond donors (Lipinski definition) is 0. The lowest BCUT2D eigenvalue weighted by atomic mass is 10.0. The van der Waals surface area contributed by atoms with E-state index in [0.29, 0.717) is 37.1 Å². The Morgan fingerprint density at radius 1 is 1.15 bits per heavy atom. The molecular formula is C22H23N3O2. The first-order valence-corrected chi connectivity index (χ1v) is 9.34. The monoisotopic (exact) mass is 361 g/mol. The first kappa shape index (κ1) is 17.5. The van der Waals surface area contributed by atoms with Crippen molar-refractivity contribution in [2.24, 2.45) is 0 Å². The van der Waals surface area contributed by atoms with Crippen LogP contribution in [0.4, 0.5) is 0 Å². The number of carbonyl (C=O) groups is 1. The summed E-state index contributed by atoms with van der Waals surface area (Å²) in [5.41, 5.74) is 3.31. The number of carbonyl (C=O) groups excluding carboxylic acids is 1. The van der Waals surface area contributed by atoms with Crippen LogP contribution < -0.4 is 0 Å². The zero-order valence-electron chi connectivity index (χ0n) is 15.6. The Balaban J connectivity index is 1.46. The van der Waals surface area contributed by atoms with E-state index in [4.69, 9.17) is 4.52 Å². The summed E-state index contributed by atoms with van der Waals surface area (Å²) < 4.78 is 5.50. The maximum atomic E-state index is 12.5. The summed E-state index contributed by atoms with van der Waals surface area (Å²) in [7, 11) is 0. The smallest absolute Gasteiger partial charge is 0.232 e. The molecule has 2 heterocycles. The van der Waals surface area contributed by atoms with Crippen molar-refractivity contribution in [3.63, 3.8) is 0 Å². The predicted octanol–water partition coefficient (Wildman–Crippen LogP) is 4.16. The van der Waals surface area contributed by atoms with E-state index in [1.54, 1.807) is 0 Å². The van der Waals surface area contributed by atoms with Crippen LogP contribution in [0, 0.1) is 6.92 Å². The summed E-state index contributed by atoms with van der Waals surface area (Å²) in [5.74, 6) is 1.55. The molecule has 0 saturated carbocycles. The molecule has 0 N–H and O–H groups in total. The molecular weight excluding hydrogens is 338 g/mol. The van der Waals surface area contributed by atoms with Gasteiger partial charge in [-0.3, -0.25) is 4.79 Å². The Morgan fingerprint density at radius 2 is 1.89 bits per heavy atom. The molecule has 27 heavy (non-hydrogen) atoms. The molecule has 1 saturated heterocycles. The van der Waals surface area contributed by atoms with Crippen LogP contribution in [0.2, 0.25) is 0 Å². The molecule has 0 aliphatic carbocycles. The molecule has 2 aromatic carbocycles. The van der Waals surface area contributed by atoms with Gasteiger partial charge in [-0.25, -0.2) is 0 Å². The summed E-state index contributed by atoms with van der Waals surface area (Å²) >= 11 is 0. The Kier molecular flexibility index (Phi) is 4.75. The van der Waals surface area contributed by atoms with E-state index in [-0.39, 0.29) is 11.8 Å². The molecule has 1 aliphatic rings. The first-order valence-electron chi connectivity index (χ1n) is 9.34. The molecule has 4 rings (SSSR count). The van der Waals surface area contributed by atoms with Crippen LogP contribution in [-0.4, -0.2) is 34.0 Å². The normalized spacial score (nSPS) is 18.1. The Hall–Kier alpha value is -2.95. The second-order valence-electron chi connectivity index (χ2n) is 7.28. The Labute approximate surface area is 159 Å². The van der Waals surface area contributed by atoms with Gasteiger partial charge in [0.1, 0.15) is 0 Å². The zero-order chi connectivity index (χ0) is 18.8. The van der Waals surface area contributed by atoms with E-state index in [1.807, 2.05) is 54.3 Å². The van der Waals surface area contributed by atoms with Crippen molar-refractivity contribution in [3.8, 4) is 11.4 Å². The van der Waals surface area contributed by atoms with Crippen molar-refractivity contribution < 1.29 is 9.32 Å². The van der Waals surface area contributed by atoms with Gasteiger partial charge in [0.15, 0.2) is 0 Å². The highest BCUT2D eigenvalue weighted by atomic mass is 16.5. The van der Waals surface area contributed by atoms with E-state index in [1.165, 1.54) is 5.56 Å². The molecule has 138 valence electrons.